The minimum absolute atomic E-state index is 0. The van der Waals surface area contributed by atoms with Crippen molar-refractivity contribution in [3.8, 4) is 11.5 Å². The van der Waals surface area contributed by atoms with Crippen LogP contribution in [0.15, 0.2) is 21.6 Å². The zero-order valence-electron chi connectivity index (χ0n) is 14.6. The van der Waals surface area contributed by atoms with Gasteiger partial charge in [0.1, 0.15) is 13.2 Å². The van der Waals surface area contributed by atoms with Crippen LogP contribution >= 0.6 is 39.9 Å². The summed E-state index contributed by atoms with van der Waals surface area (Å²) < 4.78 is 17.5. The molecule has 2 aliphatic heterocycles. The lowest BCUT2D eigenvalue weighted by Gasteiger charge is -2.23. The number of methoxy groups -OCH3 is 1. The summed E-state index contributed by atoms with van der Waals surface area (Å²) in [6, 6.07) is 4.09. The summed E-state index contributed by atoms with van der Waals surface area (Å²) in [5, 5.41) is 3.44. The van der Waals surface area contributed by atoms with E-state index in [-0.39, 0.29) is 24.0 Å². The average Bonchev–Trinajstić information content (AvgIpc) is 3.04. The van der Waals surface area contributed by atoms with Crippen LogP contribution in [0.25, 0.3) is 0 Å². The minimum atomic E-state index is 0. The molecular formula is C17H25BrIN3O3. The van der Waals surface area contributed by atoms with E-state index >= 15 is 0 Å². The van der Waals surface area contributed by atoms with Gasteiger partial charge < -0.3 is 24.4 Å². The molecule has 140 valence electrons. The Kier molecular flexibility index (Phi) is 8.08. The van der Waals surface area contributed by atoms with E-state index < -0.39 is 0 Å². The normalized spacial score (nSPS) is 19.6. The Morgan fingerprint density at radius 2 is 2.20 bits per heavy atom. The Balaban J connectivity index is 0.00000225. The van der Waals surface area contributed by atoms with E-state index in [1.54, 1.807) is 7.11 Å². The number of halogens is 2. The van der Waals surface area contributed by atoms with Crippen LogP contribution in [0.2, 0.25) is 0 Å². The molecule has 0 radical (unpaired) electrons. The summed E-state index contributed by atoms with van der Waals surface area (Å²) in [7, 11) is 3.58. The topological polar surface area (TPSA) is 55.3 Å². The third-order valence-corrected chi connectivity index (χ3v) is 4.90. The molecule has 1 fully saturated rings. The van der Waals surface area contributed by atoms with Crippen molar-refractivity contribution >= 4 is 45.9 Å². The zero-order chi connectivity index (χ0) is 16.9. The molecule has 2 heterocycles. The van der Waals surface area contributed by atoms with Crippen LogP contribution < -0.4 is 14.8 Å². The first-order valence-corrected chi connectivity index (χ1v) is 9.03. The highest BCUT2D eigenvalue weighted by molar-refractivity contribution is 14.0. The number of guanidine groups is 1. The number of aliphatic imine (C=N–C) groups is 1. The number of nitrogens with zero attached hydrogens (tertiary/aromatic N) is 2. The molecule has 1 atom stereocenters. The highest BCUT2D eigenvalue weighted by atomic mass is 127. The number of hydrogen-bond acceptors (Lipinski definition) is 4. The summed E-state index contributed by atoms with van der Waals surface area (Å²) >= 11 is 3.56. The lowest BCUT2D eigenvalue weighted by atomic mass is 10.1. The van der Waals surface area contributed by atoms with Gasteiger partial charge in [-0.05, 0) is 40.0 Å². The van der Waals surface area contributed by atoms with E-state index in [1.165, 1.54) is 0 Å². The molecule has 1 saturated heterocycles. The Morgan fingerprint density at radius 1 is 1.40 bits per heavy atom. The van der Waals surface area contributed by atoms with E-state index in [2.05, 4.69) is 37.2 Å². The number of benzene rings is 1. The van der Waals surface area contributed by atoms with Crippen LogP contribution in [-0.2, 0) is 11.3 Å². The lowest BCUT2D eigenvalue weighted by Crippen LogP contribution is -2.39. The third-order valence-electron chi connectivity index (χ3n) is 4.31. The monoisotopic (exact) mass is 525 g/mol. The van der Waals surface area contributed by atoms with Gasteiger partial charge >= 0.3 is 0 Å². The predicted molar refractivity (Wildman–Crippen MR) is 112 cm³/mol. The first-order chi connectivity index (χ1) is 11.7. The molecule has 1 aromatic rings. The number of fused-ring (bicyclic) bond motifs is 1. The average molecular weight is 526 g/mol. The predicted octanol–water partition coefficient (Wildman–Crippen LogP) is 2.88. The molecule has 0 amide bonds. The molecule has 1 N–H and O–H groups in total. The molecule has 0 aliphatic carbocycles. The highest BCUT2D eigenvalue weighted by Crippen LogP contribution is 2.38. The molecule has 0 saturated carbocycles. The van der Waals surface area contributed by atoms with Crippen LogP contribution in [0, 0.1) is 5.92 Å². The zero-order valence-corrected chi connectivity index (χ0v) is 18.5. The second-order valence-corrected chi connectivity index (χ2v) is 6.91. The van der Waals surface area contributed by atoms with Gasteiger partial charge in [0.05, 0.1) is 11.1 Å². The lowest BCUT2D eigenvalue weighted by molar-refractivity contribution is 0.157. The van der Waals surface area contributed by atoms with Crippen LogP contribution in [-0.4, -0.2) is 57.9 Å². The van der Waals surface area contributed by atoms with E-state index in [4.69, 9.17) is 14.2 Å². The molecule has 0 spiro atoms. The second-order valence-electron chi connectivity index (χ2n) is 6.06. The largest absolute Gasteiger partial charge is 0.486 e. The molecule has 1 aromatic carbocycles. The second kappa shape index (κ2) is 9.82. The van der Waals surface area contributed by atoms with Gasteiger partial charge in [-0.25, -0.2) is 0 Å². The maximum atomic E-state index is 5.68. The van der Waals surface area contributed by atoms with Crippen molar-refractivity contribution in [3.05, 3.63) is 22.2 Å². The maximum Gasteiger partial charge on any atom is 0.193 e. The fourth-order valence-electron chi connectivity index (χ4n) is 3.18. The van der Waals surface area contributed by atoms with Crippen molar-refractivity contribution in [2.75, 3.05) is 47.1 Å². The van der Waals surface area contributed by atoms with E-state index in [0.29, 0.717) is 25.7 Å². The van der Waals surface area contributed by atoms with Crippen molar-refractivity contribution in [2.24, 2.45) is 10.9 Å². The van der Waals surface area contributed by atoms with Crippen molar-refractivity contribution < 1.29 is 14.2 Å². The third kappa shape index (κ3) is 5.13. The fraction of sp³-hybridized carbons (Fsp3) is 0.588. The van der Waals surface area contributed by atoms with Gasteiger partial charge in [-0.15, -0.1) is 24.0 Å². The van der Waals surface area contributed by atoms with Gasteiger partial charge in [-0.2, -0.15) is 0 Å². The van der Waals surface area contributed by atoms with Crippen LogP contribution in [0.5, 0.6) is 11.5 Å². The first-order valence-electron chi connectivity index (χ1n) is 8.23. The van der Waals surface area contributed by atoms with E-state index in [1.807, 2.05) is 13.1 Å². The number of nitrogens with one attached hydrogen (secondary N) is 1. The number of rotatable bonds is 4. The molecule has 3 rings (SSSR count). The van der Waals surface area contributed by atoms with Crippen molar-refractivity contribution in [2.45, 2.75) is 13.0 Å². The standard InChI is InChI=1S/C17H24BrN3O3.HI/c1-19-17(21-4-3-12(10-21)11-22-2)20-9-13-7-14(18)16-15(8-13)23-5-6-24-16;/h7-8,12H,3-6,9-11H2,1-2H3,(H,19,20);1H. The van der Waals surface area contributed by atoms with Gasteiger partial charge in [0.2, 0.25) is 0 Å². The van der Waals surface area contributed by atoms with Crippen LogP contribution in [0.4, 0.5) is 0 Å². The van der Waals surface area contributed by atoms with E-state index in [0.717, 1.165) is 53.6 Å². The Labute approximate surface area is 174 Å². The van der Waals surface area contributed by atoms with Crippen molar-refractivity contribution in [1.29, 1.82) is 0 Å². The molecule has 0 bridgehead atoms. The maximum absolute atomic E-state index is 5.68. The SMILES string of the molecule is CN=C(NCc1cc(Br)c2c(c1)OCCO2)N1CCC(COC)C1.I. The quantitative estimate of drug-likeness (QED) is 0.372. The van der Waals surface area contributed by atoms with Gasteiger partial charge in [0.15, 0.2) is 17.5 Å². The molecule has 6 nitrogen and oxygen atoms in total. The summed E-state index contributed by atoms with van der Waals surface area (Å²) in [5.74, 6) is 3.09. The number of ether oxygens (including phenoxy) is 3. The molecule has 0 aromatic heterocycles. The van der Waals surface area contributed by atoms with Gasteiger partial charge in [0, 0.05) is 39.7 Å². The first kappa shape index (κ1) is 20.6. The molecule has 1 unspecified atom stereocenters. The number of hydrogen-bond donors (Lipinski definition) is 1. The van der Waals surface area contributed by atoms with Crippen LogP contribution in [0.3, 0.4) is 0 Å². The summed E-state index contributed by atoms with van der Waals surface area (Å²) in [6.07, 6.45) is 1.14. The summed E-state index contributed by atoms with van der Waals surface area (Å²) in [4.78, 5) is 6.70. The molecule has 25 heavy (non-hydrogen) atoms. The fourth-order valence-corrected chi connectivity index (χ4v) is 3.78. The summed E-state index contributed by atoms with van der Waals surface area (Å²) in [5.41, 5.74) is 1.12. The molecule has 2 aliphatic rings. The van der Waals surface area contributed by atoms with Crippen molar-refractivity contribution in [3.63, 3.8) is 0 Å². The Hall–Kier alpha value is -0.740. The molecule has 8 heteroatoms. The highest BCUT2D eigenvalue weighted by Gasteiger charge is 2.24. The smallest absolute Gasteiger partial charge is 0.193 e. The van der Waals surface area contributed by atoms with Crippen molar-refractivity contribution in [1.82, 2.24) is 10.2 Å². The van der Waals surface area contributed by atoms with Gasteiger partial charge in [-0.3, -0.25) is 4.99 Å². The van der Waals surface area contributed by atoms with Gasteiger partial charge in [0.25, 0.3) is 0 Å². The molecular weight excluding hydrogens is 501 g/mol. The van der Waals surface area contributed by atoms with Crippen LogP contribution in [0.1, 0.15) is 12.0 Å². The van der Waals surface area contributed by atoms with E-state index in [9.17, 15) is 0 Å². The Bertz CT molecular complexity index is 615. The van der Waals surface area contributed by atoms with Gasteiger partial charge in [-0.1, -0.05) is 0 Å². The summed E-state index contributed by atoms with van der Waals surface area (Å²) in [6.45, 7) is 4.67. The number of likely N-dealkylation sites (tertiary alicyclic amines) is 1. The Morgan fingerprint density at radius 3 is 2.96 bits per heavy atom. The minimum Gasteiger partial charge on any atom is -0.486 e.